The molecule has 0 radical (unpaired) electrons. The van der Waals surface area contributed by atoms with Gasteiger partial charge in [-0.3, -0.25) is 0 Å². The second kappa shape index (κ2) is 5.58. The molecule has 0 saturated carbocycles. The second-order valence-electron chi connectivity index (χ2n) is 4.35. The normalized spacial score (nSPS) is 11.7. The van der Waals surface area contributed by atoms with E-state index in [0.717, 1.165) is 16.9 Å². The number of hydrogen-bond acceptors (Lipinski definition) is 1. The van der Waals surface area contributed by atoms with Crippen LogP contribution in [0.3, 0.4) is 0 Å². The van der Waals surface area contributed by atoms with Crippen molar-refractivity contribution >= 4 is 0 Å². The number of hydrogen-bond donors (Lipinski definition) is 0. The fraction of sp³-hybridized carbons (Fsp3) is 0.176. The first-order valence-electron chi connectivity index (χ1n) is 6.02. The van der Waals surface area contributed by atoms with Gasteiger partial charge in [-0.1, -0.05) is 36.3 Å². The fourth-order valence-electron chi connectivity index (χ4n) is 2.16. The molecule has 0 aliphatic carbocycles. The van der Waals surface area contributed by atoms with Gasteiger partial charge in [-0.25, -0.2) is 4.39 Å². The standard InChI is InChI=1S/C17H15FO/c1-4-14(15-7-5-6-8-16(15)18)13-9-10-17(19-3)12(2)11-13/h1,5-11,14H,2-3H3. The lowest BCUT2D eigenvalue weighted by molar-refractivity contribution is 0.411. The molecule has 0 saturated heterocycles. The summed E-state index contributed by atoms with van der Waals surface area (Å²) in [5.41, 5.74) is 2.40. The molecule has 0 spiro atoms. The second-order valence-corrected chi connectivity index (χ2v) is 4.35. The van der Waals surface area contributed by atoms with Crippen LogP contribution < -0.4 is 4.74 Å². The molecule has 0 fully saturated rings. The lowest BCUT2D eigenvalue weighted by Crippen LogP contribution is -2.02. The lowest BCUT2D eigenvalue weighted by atomic mass is 9.90. The molecule has 0 heterocycles. The number of halogens is 1. The van der Waals surface area contributed by atoms with Crippen molar-refractivity contribution in [1.29, 1.82) is 0 Å². The van der Waals surface area contributed by atoms with E-state index >= 15 is 0 Å². The number of methoxy groups -OCH3 is 1. The van der Waals surface area contributed by atoms with E-state index in [1.165, 1.54) is 6.07 Å². The quantitative estimate of drug-likeness (QED) is 0.755. The molecule has 2 rings (SSSR count). The van der Waals surface area contributed by atoms with E-state index in [4.69, 9.17) is 11.2 Å². The molecule has 19 heavy (non-hydrogen) atoms. The average Bonchev–Trinajstić information content (AvgIpc) is 2.42. The lowest BCUT2D eigenvalue weighted by Gasteiger charge is -2.14. The van der Waals surface area contributed by atoms with Gasteiger partial charge in [-0.2, -0.15) is 0 Å². The van der Waals surface area contributed by atoms with E-state index < -0.39 is 0 Å². The van der Waals surface area contributed by atoms with Crippen molar-refractivity contribution in [2.75, 3.05) is 7.11 Å². The Morgan fingerprint density at radius 1 is 1.21 bits per heavy atom. The molecule has 0 bridgehead atoms. The van der Waals surface area contributed by atoms with Crippen molar-refractivity contribution in [3.63, 3.8) is 0 Å². The average molecular weight is 254 g/mol. The Kier molecular flexibility index (Phi) is 3.87. The van der Waals surface area contributed by atoms with Crippen LogP contribution in [0.25, 0.3) is 0 Å². The van der Waals surface area contributed by atoms with Crippen molar-refractivity contribution in [2.45, 2.75) is 12.8 Å². The molecule has 0 aromatic heterocycles. The zero-order valence-corrected chi connectivity index (χ0v) is 11.0. The Hall–Kier alpha value is -2.27. The molecule has 0 amide bonds. The number of benzene rings is 2. The Morgan fingerprint density at radius 2 is 1.95 bits per heavy atom. The van der Waals surface area contributed by atoms with Crippen LogP contribution in [0.2, 0.25) is 0 Å². The van der Waals surface area contributed by atoms with Crippen molar-refractivity contribution in [2.24, 2.45) is 0 Å². The third-order valence-corrected chi connectivity index (χ3v) is 3.14. The van der Waals surface area contributed by atoms with Crippen LogP contribution in [0, 0.1) is 25.1 Å². The van der Waals surface area contributed by atoms with E-state index in [1.54, 1.807) is 25.3 Å². The van der Waals surface area contributed by atoms with E-state index in [1.807, 2.05) is 25.1 Å². The Bertz CT molecular complexity index is 625. The van der Waals surface area contributed by atoms with Gasteiger partial charge in [0.1, 0.15) is 11.6 Å². The molecule has 1 atom stereocenters. The third kappa shape index (κ3) is 2.61. The summed E-state index contributed by atoms with van der Waals surface area (Å²) in [4.78, 5) is 0. The van der Waals surface area contributed by atoms with Crippen LogP contribution in [-0.4, -0.2) is 7.11 Å². The Balaban J connectivity index is 2.47. The van der Waals surface area contributed by atoms with E-state index in [9.17, 15) is 4.39 Å². The summed E-state index contributed by atoms with van der Waals surface area (Å²) >= 11 is 0. The summed E-state index contributed by atoms with van der Waals surface area (Å²) in [6, 6.07) is 12.3. The van der Waals surface area contributed by atoms with Crippen molar-refractivity contribution < 1.29 is 9.13 Å². The fourth-order valence-corrected chi connectivity index (χ4v) is 2.16. The summed E-state index contributed by atoms with van der Waals surface area (Å²) in [6.45, 7) is 1.94. The zero-order chi connectivity index (χ0) is 13.8. The van der Waals surface area contributed by atoms with Crippen LogP contribution in [0.4, 0.5) is 4.39 Å². The minimum atomic E-state index is -0.384. The predicted molar refractivity (Wildman–Crippen MR) is 74.8 cm³/mol. The van der Waals surface area contributed by atoms with E-state index in [2.05, 4.69) is 5.92 Å². The largest absolute Gasteiger partial charge is 0.496 e. The summed E-state index contributed by atoms with van der Waals surface area (Å²) in [7, 11) is 1.62. The maximum absolute atomic E-state index is 13.8. The molecule has 1 unspecified atom stereocenters. The first kappa shape index (κ1) is 13.2. The predicted octanol–water partition coefficient (Wildman–Crippen LogP) is 3.91. The summed E-state index contributed by atoms with van der Waals surface area (Å²) < 4.78 is 19.1. The van der Waals surface area contributed by atoms with Crippen LogP contribution in [-0.2, 0) is 0 Å². The topological polar surface area (TPSA) is 9.23 Å². The van der Waals surface area contributed by atoms with Gasteiger partial charge in [0, 0.05) is 5.56 Å². The van der Waals surface area contributed by atoms with Gasteiger partial charge in [-0.05, 0) is 30.2 Å². The number of rotatable bonds is 3. The summed E-state index contributed by atoms with van der Waals surface area (Å²) in [6.07, 6.45) is 5.58. The maximum Gasteiger partial charge on any atom is 0.127 e. The zero-order valence-electron chi connectivity index (χ0n) is 11.0. The molecule has 0 aliphatic heterocycles. The molecule has 2 aromatic carbocycles. The summed E-state index contributed by atoms with van der Waals surface area (Å²) in [5, 5.41) is 0. The van der Waals surface area contributed by atoms with Gasteiger partial charge in [0.25, 0.3) is 0 Å². The number of terminal acetylenes is 1. The Morgan fingerprint density at radius 3 is 2.53 bits per heavy atom. The third-order valence-electron chi connectivity index (χ3n) is 3.14. The van der Waals surface area contributed by atoms with Gasteiger partial charge in [0.15, 0.2) is 0 Å². The monoisotopic (exact) mass is 254 g/mol. The van der Waals surface area contributed by atoms with Gasteiger partial charge >= 0.3 is 0 Å². The van der Waals surface area contributed by atoms with Crippen LogP contribution in [0.15, 0.2) is 42.5 Å². The minimum Gasteiger partial charge on any atom is -0.496 e. The van der Waals surface area contributed by atoms with Crippen molar-refractivity contribution in [3.05, 3.63) is 65.0 Å². The van der Waals surface area contributed by atoms with Gasteiger partial charge in [-0.15, -0.1) is 6.42 Å². The molecular formula is C17H15FO. The molecule has 2 aromatic rings. The highest BCUT2D eigenvalue weighted by Crippen LogP contribution is 2.29. The maximum atomic E-state index is 13.8. The van der Waals surface area contributed by atoms with Crippen LogP contribution in [0.1, 0.15) is 22.6 Å². The van der Waals surface area contributed by atoms with E-state index in [-0.39, 0.29) is 11.7 Å². The highest BCUT2D eigenvalue weighted by atomic mass is 19.1. The molecule has 0 aliphatic rings. The smallest absolute Gasteiger partial charge is 0.127 e. The first-order valence-corrected chi connectivity index (χ1v) is 6.02. The van der Waals surface area contributed by atoms with Gasteiger partial charge < -0.3 is 4.74 Å². The highest BCUT2D eigenvalue weighted by Gasteiger charge is 2.16. The SMILES string of the molecule is C#CC(c1ccc(OC)c(C)c1)c1ccccc1F. The first-order chi connectivity index (χ1) is 9.17. The van der Waals surface area contributed by atoms with Gasteiger partial charge in [0.2, 0.25) is 0 Å². The van der Waals surface area contributed by atoms with Crippen molar-refractivity contribution in [1.82, 2.24) is 0 Å². The molecule has 1 nitrogen and oxygen atoms in total. The number of aryl methyl sites for hydroxylation is 1. The summed E-state index contributed by atoms with van der Waals surface area (Å²) in [5.74, 6) is 2.80. The van der Waals surface area contributed by atoms with Crippen LogP contribution in [0.5, 0.6) is 5.75 Å². The van der Waals surface area contributed by atoms with E-state index in [0.29, 0.717) is 5.56 Å². The van der Waals surface area contributed by atoms with Crippen molar-refractivity contribution in [3.8, 4) is 18.1 Å². The molecule has 96 valence electrons. The number of ether oxygens (including phenoxy) is 1. The molecule has 2 heteroatoms. The molecule has 0 N–H and O–H groups in total. The van der Waals surface area contributed by atoms with Crippen LogP contribution >= 0.6 is 0 Å². The van der Waals surface area contributed by atoms with Gasteiger partial charge in [0.05, 0.1) is 13.0 Å². The molecular weight excluding hydrogens is 239 g/mol. The minimum absolute atomic E-state index is 0.279. The highest BCUT2D eigenvalue weighted by molar-refractivity contribution is 5.45. The Labute approximate surface area is 113 Å².